The molecular formula is C20H27N5O. The number of rotatable bonds is 6. The molecular weight excluding hydrogens is 326 g/mol. The molecule has 0 saturated heterocycles. The number of anilines is 1. The third-order valence-corrected chi connectivity index (χ3v) is 5.04. The summed E-state index contributed by atoms with van der Waals surface area (Å²) in [6.07, 6.45) is 6.00. The van der Waals surface area contributed by atoms with E-state index in [1.807, 2.05) is 31.3 Å². The molecule has 0 aliphatic heterocycles. The van der Waals surface area contributed by atoms with Crippen LogP contribution in [0.2, 0.25) is 0 Å². The van der Waals surface area contributed by atoms with E-state index in [-0.39, 0.29) is 17.9 Å². The standard InChI is InChI=1S/C20H27N5O/c1-4-25(5-2)20-22-13-16-12-15(9-10-18(16)24-20)19(26)23-14(3)17-8-6-7-11-21-17/h6-8,11,13-15H,4-5,9-10,12H2,1-3H3,(H,23,26)/t14-,15+/m1/s1. The topological polar surface area (TPSA) is 71.0 Å². The van der Waals surface area contributed by atoms with Gasteiger partial charge in [0, 0.05) is 37.1 Å². The Hall–Kier alpha value is -2.50. The number of nitrogens with one attached hydrogen (secondary N) is 1. The molecule has 0 radical (unpaired) electrons. The maximum Gasteiger partial charge on any atom is 0.225 e. The molecule has 2 heterocycles. The maximum absolute atomic E-state index is 12.7. The summed E-state index contributed by atoms with van der Waals surface area (Å²) in [7, 11) is 0. The van der Waals surface area contributed by atoms with Gasteiger partial charge in [-0.1, -0.05) is 6.07 Å². The second-order valence-electron chi connectivity index (χ2n) is 6.74. The molecule has 138 valence electrons. The van der Waals surface area contributed by atoms with Gasteiger partial charge < -0.3 is 10.2 Å². The lowest BCUT2D eigenvalue weighted by Crippen LogP contribution is -2.36. The molecule has 26 heavy (non-hydrogen) atoms. The highest BCUT2D eigenvalue weighted by atomic mass is 16.1. The quantitative estimate of drug-likeness (QED) is 0.864. The summed E-state index contributed by atoms with van der Waals surface area (Å²) in [4.78, 5) is 28.4. The van der Waals surface area contributed by atoms with E-state index in [0.29, 0.717) is 6.42 Å². The minimum atomic E-state index is -0.0913. The van der Waals surface area contributed by atoms with Crippen molar-refractivity contribution in [3.8, 4) is 0 Å². The zero-order valence-corrected chi connectivity index (χ0v) is 15.8. The molecule has 6 heteroatoms. The molecule has 1 amide bonds. The second kappa shape index (κ2) is 8.25. The lowest BCUT2D eigenvalue weighted by Gasteiger charge is -2.26. The van der Waals surface area contributed by atoms with Gasteiger partial charge in [0.1, 0.15) is 0 Å². The van der Waals surface area contributed by atoms with Crippen LogP contribution in [0.1, 0.15) is 50.2 Å². The number of fused-ring (bicyclic) bond motifs is 1. The first-order valence-electron chi connectivity index (χ1n) is 9.43. The highest BCUT2D eigenvalue weighted by molar-refractivity contribution is 5.79. The van der Waals surface area contributed by atoms with Crippen LogP contribution in [0, 0.1) is 5.92 Å². The van der Waals surface area contributed by atoms with Crippen LogP contribution in [0.5, 0.6) is 0 Å². The molecule has 0 fully saturated rings. The largest absolute Gasteiger partial charge is 0.348 e. The highest BCUT2D eigenvalue weighted by Crippen LogP contribution is 2.26. The zero-order chi connectivity index (χ0) is 18.5. The van der Waals surface area contributed by atoms with Crippen LogP contribution in [-0.4, -0.2) is 33.9 Å². The summed E-state index contributed by atoms with van der Waals surface area (Å²) in [5.41, 5.74) is 3.06. The minimum absolute atomic E-state index is 0.0310. The molecule has 2 atom stereocenters. The van der Waals surface area contributed by atoms with Crippen molar-refractivity contribution in [1.29, 1.82) is 0 Å². The van der Waals surface area contributed by atoms with Crippen molar-refractivity contribution in [2.75, 3.05) is 18.0 Å². The van der Waals surface area contributed by atoms with Crippen LogP contribution >= 0.6 is 0 Å². The molecule has 1 aliphatic rings. The number of amides is 1. The fourth-order valence-electron chi connectivity index (χ4n) is 3.42. The average molecular weight is 353 g/mol. The second-order valence-corrected chi connectivity index (χ2v) is 6.74. The van der Waals surface area contributed by atoms with Crippen LogP contribution in [0.3, 0.4) is 0 Å². The Balaban J connectivity index is 1.65. The molecule has 2 aromatic rings. The van der Waals surface area contributed by atoms with Crippen LogP contribution < -0.4 is 10.2 Å². The molecule has 0 spiro atoms. The molecule has 1 aliphatic carbocycles. The summed E-state index contributed by atoms with van der Waals surface area (Å²) in [5.74, 6) is 0.846. The zero-order valence-electron chi connectivity index (χ0n) is 15.8. The van der Waals surface area contributed by atoms with E-state index in [1.54, 1.807) is 6.20 Å². The van der Waals surface area contributed by atoms with Crippen molar-refractivity contribution in [1.82, 2.24) is 20.3 Å². The predicted molar refractivity (Wildman–Crippen MR) is 102 cm³/mol. The van der Waals surface area contributed by atoms with Crippen molar-refractivity contribution >= 4 is 11.9 Å². The number of carbonyl (C=O) groups is 1. The molecule has 2 aromatic heterocycles. The summed E-state index contributed by atoms with van der Waals surface area (Å²) in [6, 6.07) is 5.66. The van der Waals surface area contributed by atoms with Gasteiger partial charge in [0.25, 0.3) is 0 Å². The average Bonchev–Trinajstić information content (AvgIpc) is 2.69. The SMILES string of the molecule is CCN(CC)c1ncc2c(n1)CC[C@H](C(=O)N[C@H](C)c1ccccn1)C2. The predicted octanol–water partition coefficient (Wildman–Crippen LogP) is 2.70. The Morgan fingerprint density at radius 3 is 2.81 bits per heavy atom. The number of pyridine rings is 1. The monoisotopic (exact) mass is 353 g/mol. The van der Waals surface area contributed by atoms with E-state index in [1.165, 1.54) is 0 Å². The highest BCUT2D eigenvalue weighted by Gasteiger charge is 2.27. The maximum atomic E-state index is 12.7. The molecule has 3 rings (SSSR count). The van der Waals surface area contributed by atoms with Gasteiger partial charge in [0.05, 0.1) is 11.7 Å². The van der Waals surface area contributed by atoms with Crippen molar-refractivity contribution < 1.29 is 4.79 Å². The number of hydrogen-bond donors (Lipinski definition) is 1. The fourth-order valence-corrected chi connectivity index (χ4v) is 3.42. The van der Waals surface area contributed by atoms with Gasteiger partial charge in [0.2, 0.25) is 11.9 Å². The third-order valence-electron chi connectivity index (χ3n) is 5.04. The normalized spacial score (nSPS) is 17.3. The van der Waals surface area contributed by atoms with Crippen molar-refractivity contribution in [3.63, 3.8) is 0 Å². The summed E-state index contributed by atoms with van der Waals surface area (Å²) >= 11 is 0. The lowest BCUT2D eigenvalue weighted by atomic mass is 9.86. The van der Waals surface area contributed by atoms with Crippen LogP contribution in [0.25, 0.3) is 0 Å². The number of aromatic nitrogens is 3. The van der Waals surface area contributed by atoms with Crippen LogP contribution in [0.15, 0.2) is 30.6 Å². The van der Waals surface area contributed by atoms with Crippen LogP contribution in [0.4, 0.5) is 5.95 Å². The first kappa shape index (κ1) is 18.3. The van der Waals surface area contributed by atoms with E-state index in [9.17, 15) is 4.79 Å². The van der Waals surface area contributed by atoms with Gasteiger partial charge in [0.15, 0.2) is 0 Å². The Bertz CT molecular complexity index is 745. The van der Waals surface area contributed by atoms with Gasteiger partial charge in [-0.3, -0.25) is 9.78 Å². The summed E-state index contributed by atoms with van der Waals surface area (Å²) < 4.78 is 0. The molecule has 0 saturated carbocycles. The fraction of sp³-hybridized carbons (Fsp3) is 0.500. The summed E-state index contributed by atoms with van der Waals surface area (Å²) in [6.45, 7) is 7.97. The van der Waals surface area contributed by atoms with Gasteiger partial charge in [-0.15, -0.1) is 0 Å². The molecule has 6 nitrogen and oxygen atoms in total. The van der Waals surface area contributed by atoms with Crippen molar-refractivity contribution in [3.05, 3.63) is 47.5 Å². The Morgan fingerprint density at radius 1 is 1.31 bits per heavy atom. The van der Waals surface area contributed by atoms with E-state index in [2.05, 4.69) is 34.0 Å². The first-order chi connectivity index (χ1) is 12.6. The van der Waals surface area contributed by atoms with Gasteiger partial charge in [-0.25, -0.2) is 9.97 Å². The van der Waals surface area contributed by atoms with Gasteiger partial charge >= 0.3 is 0 Å². The Kier molecular flexibility index (Phi) is 5.81. The minimum Gasteiger partial charge on any atom is -0.348 e. The number of aryl methyl sites for hydroxylation is 1. The smallest absolute Gasteiger partial charge is 0.225 e. The number of nitrogens with zero attached hydrogens (tertiary/aromatic N) is 4. The van der Waals surface area contributed by atoms with E-state index in [4.69, 9.17) is 4.98 Å². The first-order valence-corrected chi connectivity index (χ1v) is 9.43. The van der Waals surface area contributed by atoms with Crippen molar-refractivity contribution in [2.24, 2.45) is 5.92 Å². The molecule has 1 N–H and O–H groups in total. The third kappa shape index (κ3) is 4.00. The lowest BCUT2D eigenvalue weighted by molar-refractivity contribution is -0.126. The van der Waals surface area contributed by atoms with E-state index in [0.717, 1.165) is 48.8 Å². The van der Waals surface area contributed by atoms with E-state index >= 15 is 0 Å². The molecule has 0 unspecified atom stereocenters. The van der Waals surface area contributed by atoms with Gasteiger partial charge in [-0.2, -0.15) is 0 Å². The number of carbonyl (C=O) groups excluding carboxylic acids is 1. The van der Waals surface area contributed by atoms with Crippen molar-refractivity contribution in [2.45, 2.75) is 46.1 Å². The van der Waals surface area contributed by atoms with E-state index < -0.39 is 0 Å². The van der Waals surface area contributed by atoms with Gasteiger partial charge in [-0.05, 0) is 57.7 Å². The molecule has 0 bridgehead atoms. The number of hydrogen-bond acceptors (Lipinski definition) is 5. The Labute approximate surface area is 155 Å². The summed E-state index contributed by atoms with van der Waals surface area (Å²) in [5, 5.41) is 3.09. The molecule has 0 aromatic carbocycles. The Morgan fingerprint density at radius 2 is 2.12 bits per heavy atom. The van der Waals surface area contributed by atoms with Crippen LogP contribution in [-0.2, 0) is 17.6 Å².